The molecule has 0 atom stereocenters. The summed E-state index contributed by atoms with van der Waals surface area (Å²) in [7, 11) is 1.66. The van der Waals surface area contributed by atoms with Crippen LogP contribution in [0.5, 0.6) is 0 Å². The van der Waals surface area contributed by atoms with E-state index in [9.17, 15) is 13.2 Å². The summed E-state index contributed by atoms with van der Waals surface area (Å²) < 4.78 is 38.3. The quantitative estimate of drug-likeness (QED) is 0.942. The summed E-state index contributed by atoms with van der Waals surface area (Å²) in [5, 5.41) is 0. The lowest BCUT2D eigenvalue weighted by Crippen LogP contribution is -2.22. The number of nitrogens with two attached hydrogens (primary N) is 1. The summed E-state index contributed by atoms with van der Waals surface area (Å²) in [5.41, 5.74) is 5.94. The van der Waals surface area contributed by atoms with E-state index in [1.165, 1.54) is 6.07 Å². The Balaban J connectivity index is 2.32. The maximum Gasteiger partial charge on any atom is 0.433 e. The van der Waals surface area contributed by atoms with E-state index in [4.69, 9.17) is 5.73 Å². The standard InChI is InChI=1S/C14H15F3N4/c1-21(9-11-4-2-3-7-19-11)13-10(8-18)5-6-12(20-13)14(15,16)17/h2-7H,8-9,18H2,1H3. The van der Waals surface area contributed by atoms with Gasteiger partial charge >= 0.3 is 6.18 Å². The largest absolute Gasteiger partial charge is 0.433 e. The molecule has 0 spiro atoms. The van der Waals surface area contributed by atoms with Gasteiger partial charge in [0.15, 0.2) is 0 Å². The third-order valence-electron chi connectivity index (χ3n) is 2.95. The molecule has 2 heterocycles. The maximum atomic E-state index is 12.8. The second kappa shape index (κ2) is 6.09. The van der Waals surface area contributed by atoms with Crippen molar-refractivity contribution in [2.45, 2.75) is 19.3 Å². The highest BCUT2D eigenvalue weighted by Crippen LogP contribution is 2.30. The Morgan fingerprint density at radius 2 is 1.95 bits per heavy atom. The Hall–Kier alpha value is -2.15. The predicted molar refractivity (Wildman–Crippen MR) is 73.5 cm³/mol. The van der Waals surface area contributed by atoms with Crippen LogP contribution in [0.1, 0.15) is 17.0 Å². The number of alkyl halides is 3. The van der Waals surface area contributed by atoms with E-state index in [2.05, 4.69) is 9.97 Å². The van der Waals surface area contributed by atoms with Gasteiger partial charge < -0.3 is 10.6 Å². The lowest BCUT2D eigenvalue weighted by atomic mass is 10.2. The number of hydrogen-bond donors (Lipinski definition) is 1. The zero-order chi connectivity index (χ0) is 15.5. The Labute approximate surface area is 120 Å². The fraction of sp³-hybridized carbons (Fsp3) is 0.286. The van der Waals surface area contributed by atoms with Crippen molar-refractivity contribution < 1.29 is 13.2 Å². The Kier molecular flexibility index (Phi) is 4.42. The highest BCUT2D eigenvalue weighted by atomic mass is 19.4. The van der Waals surface area contributed by atoms with Crippen LogP contribution in [0.3, 0.4) is 0 Å². The lowest BCUT2D eigenvalue weighted by Gasteiger charge is -2.21. The molecule has 2 rings (SSSR count). The van der Waals surface area contributed by atoms with Crippen LogP contribution in [0, 0.1) is 0 Å². The molecule has 0 fully saturated rings. The van der Waals surface area contributed by atoms with Gasteiger partial charge in [0, 0.05) is 25.4 Å². The lowest BCUT2D eigenvalue weighted by molar-refractivity contribution is -0.141. The molecule has 4 nitrogen and oxygen atoms in total. The van der Waals surface area contributed by atoms with Gasteiger partial charge in [-0.15, -0.1) is 0 Å². The molecule has 2 aromatic heterocycles. The van der Waals surface area contributed by atoms with Gasteiger partial charge in [0.05, 0.1) is 12.2 Å². The predicted octanol–water partition coefficient (Wildman–Crippen LogP) is 2.59. The van der Waals surface area contributed by atoms with E-state index in [1.807, 2.05) is 6.07 Å². The van der Waals surface area contributed by atoms with Crippen molar-refractivity contribution in [1.29, 1.82) is 0 Å². The molecule has 0 saturated heterocycles. The van der Waals surface area contributed by atoms with Gasteiger partial charge in [0.1, 0.15) is 11.5 Å². The first-order chi connectivity index (χ1) is 9.91. The topological polar surface area (TPSA) is 55.0 Å². The minimum absolute atomic E-state index is 0.118. The van der Waals surface area contributed by atoms with E-state index < -0.39 is 11.9 Å². The van der Waals surface area contributed by atoms with Gasteiger partial charge in [-0.2, -0.15) is 13.2 Å². The van der Waals surface area contributed by atoms with Crippen molar-refractivity contribution in [2.75, 3.05) is 11.9 Å². The van der Waals surface area contributed by atoms with Crippen LogP contribution in [0.15, 0.2) is 36.5 Å². The molecule has 2 N–H and O–H groups in total. The van der Waals surface area contributed by atoms with Crippen LogP contribution in [0.4, 0.5) is 19.0 Å². The number of anilines is 1. The third-order valence-corrected chi connectivity index (χ3v) is 2.95. The Morgan fingerprint density at radius 3 is 2.52 bits per heavy atom. The normalized spacial score (nSPS) is 11.5. The van der Waals surface area contributed by atoms with Crippen molar-refractivity contribution in [1.82, 2.24) is 9.97 Å². The van der Waals surface area contributed by atoms with Crippen LogP contribution in [-0.2, 0) is 19.3 Å². The molecule has 0 amide bonds. The second-order valence-electron chi connectivity index (χ2n) is 4.56. The van der Waals surface area contributed by atoms with E-state index in [1.54, 1.807) is 30.3 Å². The van der Waals surface area contributed by atoms with Crippen LogP contribution >= 0.6 is 0 Å². The molecule has 21 heavy (non-hydrogen) atoms. The van der Waals surface area contributed by atoms with E-state index in [0.717, 1.165) is 11.8 Å². The molecular formula is C14H15F3N4. The molecule has 0 radical (unpaired) electrons. The molecule has 2 aromatic rings. The van der Waals surface area contributed by atoms with Crippen LogP contribution in [-0.4, -0.2) is 17.0 Å². The van der Waals surface area contributed by atoms with E-state index in [-0.39, 0.29) is 12.4 Å². The van der Waals surface area contributed by atoms with Gasteiger partial charge in [-0.3, -0.25) is 4.98 Å². The average Bonchev–Trinajstić information content (AvgIpc) is 2.46. The van der Waals surface area contributed by atoms with Crippen molar-refractivity contribution in [3.05, 3.63) is 53.5 Å². The smallest absolute Gasteiger partial charge is 0.353 e. The monoisotopic (exact) mass is 296 g/mol. The highest BCUT2D eigenvalue weighted by Gasteiger charge is 2.33. The SMILES string of the molecule is CN(Cc1ccccn1)c1nc(C(F)(F)F)ccc1CN. The van der Waals surface area contributed by atoms with Gasteiger partial charge in [-0.25, -0.2) is 4.98 Å². The molecule has 7 heteroatoms. The number of aromatic nitrogens is 2. The van der Waals surface area contributed by atoms with Crippen LogP contribution in [0.25, 0.3) is 0 Å². The molecular weight excluding hydrogens is 281 g/mol. The van der Waals surface area contributed by atoms with Gasteiger partial charge in [-0.1, -0.05) is 12.1 Å². The molecule has 0 bridgehead atoms. The molecule has 0 aliphatic heterocycles. The molecule has 112 valence electrons. The van der Waals surface area contributed by atoms with Crippen molar-refractivity contribution in [2.24, 2.45) is 5.73 Å². The Bertz CT molecular complexity index is 599. The molecule has 0 unspecified atom stereocenters. The third kappa shape index (κ3) is 3.69. The number of halogens is 3. The van der Waals surface area contributed by atoms with Gasteiger partial charge in [-0.05, 0) is 18.2 Å². The van der Waals surface area contributed by atoms with Crippen LogP contribution in [0.2, 0.25) is 0 Å². The van der Waals surface area contributed by atoms with E-state index >= 15 is 0 Å². The maximum absolute atomic E-state index is 12.8. The number of nitrogens with zero attached hydrogens (tertiary/aromatic N) is 3. The Morgan fingerprint density at radius 1 is 1.19 bits per heavy atom. The molecule has 0 aromatic carbocycles. The van der Waals surface area contributed by atoms with Crippen molar-refractivity contribution in [3.8, 4) is 0 Å². The summed E-state index contributed by atoms with van der Waals surface area (Å²) in [6.45, 7) is 0.467. The fourth-order valence-electron chi connectivity index (χ4n) is 1.93. The first-order valence-corrected chi connectivity index (χ1v) is 6.30. The first kappa shape index (κ1) is 15.2. The summed E-state index contributed by atoms with van der Waals surface area (Å²) >= 11 is 0. The van der Waals surface area contributed by atoms with Crippen LogP contribution < -0.4 is 10.6 Å². The summed E-state index contributed by atoms with van der Waals surface area (Å²) in [6.07, 6.45) is -2.85. The van der Waals surface area contributed by atoms with Crippen molar-refractivity contribution >= 4 is 5.82 Å². The minimum atomic E-state index is -4.48. The van der Waals surface area contributed by atoms with Crippen molar-refractivity contribution in [3.63, 3.8) is 0 Å². The van der Waals surface area contributed by atoms with E-state index in [0.29, 0.717) is 12.1 Å². The summed E-state index contributed by atoms with van der Waals surface area (Å²) in [6, 6.07) is 7.70. The van der Waals surface area contributed by atoms with Gasteiger partial charge in [0.2, 0.25) is 0 Å². The molecule has 0 saturated carbocycles. The highest BCUT2D eigenvalue weighted by molar-refractivity contribution is 5.47. The van der Waals surface area contributed by atoms with Gasteiger partial charge in [0.25, 0.3) is 0 Å². The second-order valence-corrected chi connectivity index (χ2v) is 4.56. The molecule has 0 aliphatic rings. The summed E-state index contributed by atoms with van der Waals surface area (Å²) in [4.78, 5) is 9.46. The summed E-state index contributed by atoms with van der Waals surface area (Å²) in [5.74, 6) is 0.220. The first-order valence-electron chi connectivity index (χ1n) is 6.30. The number of rotatable bonds is 4. The average molecular weight is 296 g/mol. The molecule has 0 aliphatic carbocycles. The zero-order valence-corrected chi connectivity index (χ0v) is 11.4. The number of hydrogen-bond acceptors (Lipinski definition) is 4. The fourth-order valence-corrected chi connectivity index (χ4v) is 1.93. The zero-order valence-electron chi connectivity index (χ0n) is 11.4. The number of pyridine rings is 2. The minimum Gasteiger partial charge on any atom is -0.353 e.